The predicted molar refractivity (Wildman–Crippen MR) is 106 cm³/mol. The van der Waals surface area contributed by atoms with Crippen molar-refractivity contribution in [3.8, 4) is 11.6 Å². The van der Waals surface area contributed by atoms with Gasteiger partial charge in [-0.05, 0) is 30.3 Å². The molecule has 1 amide bonds. The molecule has 4 rings (SSSR count). The minimum Gasteiger partial charge on any atom is -0.439 e. The lowest BCUT2D eigenvalue weighted by molar-refractivity contribution is -0.137. The molecule has 1 aliphatic rings. The van der Waals surface area contributed by atoms with Crippen molar-refractivity contribution in [2.24, 2.45) is 0 Å². The SMILES string of the molecule is O=C(c1ccc2cc(Oc3ccc(C(F)(F)F)cn3)ccc2n1)N1CCS(=O)(=O)CC1. The van der Waals surface area contributed by atoms with Crippen LogP contribution in [0.4, 0.5) is 13.2 Å². The highest BCUT2D eigenvalue weighted by Gasteiger charge is 2.30. The molecule has 0 unspecified atom stereocenters. The Labute approximate surface area is 175 Å². The van der Waals surface area contributed by atoms with E-state index in [2.05, 4.69) is 9.97 Å². The molecule has 31 heavy (non-hydrogen) atoms. The van der Waals surface area contributed by atoms with Crippen LogP contribution in [0.5, 0.6) is 11.6 Å². The zero-order valence-corrected chi connectivity index (χ0v) is 16.8. The number of nitrogens with zero attached hydrogens (tertiary/aromatic N) is 3. The number of fused-ring (bicyclic) bond motifs is 1. The van der Waals surface area contributed by atoms with E-state index in [1.807, 2.05) is 0 Å². The second-order valence-electron chi connectivity index (χ2n) is 6.98. The van der Waals surface area contributed by atoms with Gasteiger partial charge < -0.3 is 9.64 Å². The number of sulfone groups is 1. The third-order valence-electron chi connectivity index (χ3n) is 4.80. The third-order valence-corrected chi connectivity index (χ3v) is 6.41. The number of amides is 1. The first-order valence-corrected chi connectivity index (χ1v) is 11.0. The fraction of sp³-hybridized carbons (Fsp3) is 0.250. The molecule has 3 heterocycles. The summed E-state index contributed by atoms with van der Waals surface area (Å²) in [6.45, 7) is 0.265. The summed E-state index contributed by atoms with van der Waals surface area (Å²) in [6, 6.07) is 10.0. The third kappa shape index (κ3) is 4.76. The van der Waals surface area contributed by atoms with Crippen LogP contribution in [0, 0.1) is 0 Å². The second-order valence-corrected chi connectivity index (χ2v) is 9.28. The predicted octanol–water partition coefficient (Wildman–Crippen LogP) is 3.31. The van der Waals surface area contributed by atoms with Gasteiger partial charge in [-0.1, -0.05) is 6.07 Å². The van der Waals surface area contributed by atoms with Gasteiger partial charge in [-0.3, -0.25) is 4.79 Å². The van der Waals surface area contributed by atoms with Crippen molar-refractivity contribution in [1.29, 1.82) is 0 Å². The minimum atomic E-state index is -4.47. The molecule has 0 atom stereocenters. The topological polar surface area (TPSA) is 89.5 Å². The number of benzene rings is 1. The van der Waals surface area contributed by atoms with Crippen LogP contribution in [0.15, 0.2) is 48.7 Å². The summed E-state index contributed by atoms with van der Waals surface area (Å²) in [5.41, 5.74) is -0.154. The van der Waals surface area contributed by atoms with Gasteiger partial charge in [-0.15, -0.1) is 0 Å². The fourth-order valence-electron chi connectivity index (χ4n) is 3.09. The molecule has 0 radical (unpaired) electrons. The van der Waals surface area contributed by atoms with E-state index in [-0.39, 0.29) is 42.1 Å². The van der Waals surface area contributed by atoms with E-state index >= 15 is 0 Å². The first kappa shape index (κ1) is 21.0. The van der Waals surface area contributed by atoms with Gasteiger partial charge in [0, 0.05) is 30.7 Å². The van der Waals surface area contributed by atoms with Crippen LogP contribution in [-0.2, 0) is 16.0 Å². The average Bonchev–Trinajstić information content (AvgIpc) is 2.72. The molecule has 2 aromatic heterocycles. The summed E-state index contributed by atoms with van der Waals surface area (Å²) in [5.74, 6) is -0.115. The maximum absolute atomic E-state index is 12.6. The fourth-order valence-corrected chi connectivity index (χ4v) is 4.29. The van der Waals surface area contributed by atoms with Gasteiger partial charge in [0.15, 0.2) is 9.84 Å². The number of pyridine rings is 2. The van der Waals surface area contributed by atoms with Gasteiger partial charge in [0.05, 0.1) is 22.6 Å². The highest BCUT2D eigenvalue weighted by Crippen LogP contribution is 2.30. The first-order chi connectivity index (χ1) is 14.6. The molecule has 11 heteroatoms. The molecule has 3 aromatic rings. The van der Waals surface area contributed by atoms with Crippen LogP contribution in [-0.4, -0.2) is 53.8 Å². The standard InChI is InChI=1S/C20H16F3N3O4S/c21-20(22,23)14-2-6-18(24-12-14)30-15-3-5-16-13(11-15)1-4-17(25-16)19(27)26-7-9-31(28,29)10-8-26/h1-6,11-12H,7-10H2. The van der Waals surface area contributed by atoms with E-state index in [1.165, 1.54) is 11.0 Å². The lowest BCUT2D eigenvalue weighted by Crippen LogP contribution is -2.44. The Bertz CT molecular complexity index is 1230. The monoisotopic (exact) mass is 451 g/mol. The van der Waals surface area contributed by atoms with E-state index in [9.17, 15) is 26.4 Å². The molecule has 1 saturated heterocycles. The Morgan fingerprint density at radius 2 is 1.77 bits per heavy atom. The lowest BCUT2D eigenvalue weighted by Gasteiger charge is -2.26. The van der Waals surface area contributed by atoms with Crippen molar-refractivity contribution in [2.75, 3.05) is 24.6 Å². The van der Waals surface area contributed by atoms with E-state index in [0.29, 0.717) is 22.8 Å². The molecule has 0 bridgehead atoms. The number of hydrogen-bond donors (Lipinski definition) is 0. The number of carbonyl (C=O) groups is 1. The molecular weight excluding hydrogens is 435 g/mol. The molecule has 1 aromatic carbocycles. The molecule has 0 aliphatic carbocycles. The molecule has 0 spiro atoms. The summed E-state index contributed by atoms with van der Waals surface area (Å²) in [7, 11) is -3.10. The summed E-state index contributed by atoms with van der Waals surface area (Å²) < 4.78 is 66.4. The summed E-state index contributed by atoms with van der Waals surface area (Å²) >= 11 is 0. The van der Waals surface area contributed by atoms with E-state index in [0.717, 1.165) is 12.1 Å². The summed E-state index contributed by atoms with van der Waals surface area (Å²) in [4.78, 5) is 22.1. The van der Waals surface area contributed by atoms with E-state index < -0.39 is 21.6 Å². The van der Waals surface area contributed by atoms with Crippen LogP contribution < -0.4 is 4.74 Å². The Kier molecular flexibility index (Phi) is 5.29. The Balaban J connectivity index is 1.50. The van der Waals surface area contributed by atoms with Crippen molar-refractivity contribution in [3.05, 3.63) is 59.9 Å². The summed E-state index contributed by atoms with van der Waals surface area (Å²) in [5, 5.41) is 0.655. The number of aromatic nitrogens is 2. The maximum Gasteiger partial charge on any atom is 0.417 e. The van der Waals surface area contributed by atoms with Gasteiger partial charge in [0.25, 0.3) is 5.91 Å². The molecule has 0 saturated carbocycles. The normalized spacial score (nSPS) is 16.3. The van der Waals surface area contributed by atoms with Crippen LogP contribution >= 0.6 is 0 Å². The zero-order valence-electron chi connectivity index (χ0n) is 16.0. The highest BCUT2D eigenvalue weighted by atomic mass is 32.2. The van der Waals surface area contributed by atoms with Gasteiger partial charge in [0.2, 0.25) is 5.88 Å². The number of hydrogen-bond acceptors (Lipinski definition) is 6. The van der Waals surface area contributed by atoms with Crippen LogP contribution in [0.2, 0.25) is 0 Å². The van der Waals surface area contributed by atoms with Gasteiger partial charge >= 0.3 is 6.18 Å². The largest absolute Gasteiger partial charge is 0.439 e. The zero-order chi connectivity index (χ0) is 22.2. The number of alkyl halides is 3. The van der Waals surface area contributed by atoms with Gasteiger partial charge in [0.1, 0.15) is 11.4 Å². The molecule has 0 N–H and O–H groups in total. The Morgan fingerprint density at radius 3 is 2.42 bits per heavy atom. The van der Waals surface area contributed by atoms with Crippen molar-refractivity contribution in [2.45, 2.75) is 6.18 Å². The average molecular weight is 451 g/mol. The van der Waals surface area contributed by atoms with Gasteiger partial charge in [-0.25, -0.2) is 18.4 Å². The van der Waals surface area contributed by atoms with Crippen molar-refractivity contribution < 1.29 is 31.1 Å². The lowest BCUT2D eigenvalue weighted by atomic mass is 10.2. The van der Waals surface area contributed by atoms with Crippen molar-refractivity contribution >= 4 is 26.6 Å². The minimum absolute atomic E-state index is 0.00663. The van der Waals surface area contributed by atoms with Crippen molar-refractivity contribution in [1.82, 2.24) is 14.9 Å². The quantitative estimate of drug-likeness (QED) is 0.607. The first-order valence-electron chi connectivity index (χ1n) is 9.22. The second kappa shape index (κ2) is 7.80. The van der Waals surface area contributed by atoms with Crippen LogP contribution in [0.3, 0.4) is 0 Å². The van der Waals surface area contributed by atoms with Gasteiger partial charge in [-0.2, -0.15) is 13.2 Å². The smallest absolute Gasteiger partial charge is 0.417 e. The molecular formula is C20H16F3N3O4S. The number of carbonyl (C=O) groups excluding carboxylic acids is 1. The molecule has 1 fully saturated rings. The van der Waals surface area contributed by atoms with E-state index in [1.54, 1.807) is 24.3 Å². The number of rotatable bonds is 3. The van der Waals surface area contributed by atoms with Crippen molar-refractivity contribution in [3.63, 3.8) is 0 Å². The van der Waals surface area contributed by atoms with Crippen LogP contribution in [0.25, 0.3) is 10.9 Å². The van der Waals surface area contributed by atoms with E-state index in [4.69, 9.17) is 4.74 Å². The van der Waals surface area contributed by atoms with Crippen LogP contribution in [0.1, 0.15) is 16.1 Å². The Hall–Kier alpha value is -3.21. The highest BCUT2D eigenvalue weighted by molar-refractivity contribution is 7.91. The summed E-state index contributed by atoms with van der Waals surface area (Å²) in [6.07, 6.45) is -3.78. The number of halogens is 3. The molecule has 1 aliphatic heterocycles. The Morgan fingerprint density at radius 1 is 1.03 bits per heavy atom. The maximum atomic E-state index is 12.6. The number of ether oxygens (including phenoxy) is 1. The molecule has 7 nitrogen and oxygen atoms in total. The molecule has 162 valence electrons.